The smallest absolute Gasteiger partial charge is 0.308 e. The first-order valence-electron chi connectivity index (χ1n) is 17.7. The molecule has 1 unspecified atom stereocenters. The Bertz CT molecular complexity index is 1240. The van der Waals surface area contributed by atoms with Gasteiger partial charge in [-0.2, -0.15) is 0 Å². The van der Waals surface area contributed by atoms with E-state index in [1.165, 1.54) is 31.3 Å². The fraction of sp³-hybridized carbons (Fsp3) is 0.737. The van der Waals surface area contributed by atoms with Crippen molar-refractivity contribution in [2.45, 2.75) is 148 Å². The summed E-state index contributed by atoms with van der Waals surface area (Å²) in [6.07, 6.45) is 19.0. The second-order valence-electron chi connectivity index (χ2n) is 15.1. The molecule has 0 radical (unpaired) electrons. The summed E-state index contributed by atoms with van der Waals surface area (Å²) in [7, 11) is 0. The third-order valence-corrected chi connectivity index (χ3v) is 12.2. The molecule has 0 aliphatic heterocycles. The lowest BCUT2D eigenvalue weighted by molar-refractivity contribution is -0.156. The van der Waals surface area contributed by atoms with Crippen molar-refractivity contribution >= 4 is 5.97 Å². The topological polar surface area (TPSA) is 95.4 Å². The van der Waals surface area contributed by atoms with Gasteiger partial charge >= 0.3 is 5.97 Å². The maximum Gasteiger partial charge on any atom is 0.308 e. The monoisotopic (exact) mass is 606 g/mol. The number of aliphatic hydroxyl groups is 2. The summed E-state index contributed by atoms with van der Waals surface area (Å²) in [6, 6.07) is 0. The van der Waals surface area contributed by atoms with E-state index < -0.39 is 12.2 Å². The summed E-state index contributed by atoms with van der Waals surface area (Å²) in [5.74, 6) is 2.60. The molecule has 1 aromatic heterocycles. The molecule has 4 fully saturated rings. The molecule has 0 aromatic carbocycles. The standard InChI is InChI=1S/C38H58N2O4/c1-7-10-29-23-39-36(40-29)38(19-20-38)34(44-35(43)24(3)8-2)17-12-25(4)31-15-16-32-27(11-9-18-37(31,32)6)13-14-28-21-30(41)22-33(42)26(28)5/h13-14,23-25,30-34,41-42H,5,7-12,15-22H2,1-4,6H3,(H,39,40)/b27-13+,28-14-/t24?,25-,30-,31-,32+,33+,34-,37-/m1/s1. The van der Waals surface area contributed by atoms with Gasteiger partial charge < -0.3 is 19.9 Å². The number of H-pyrrole nitrogens is 1. The van der Waals surface area contributed by atoms with Crippen LogP contribution in [0.2, 0.25) is 0 Å². The number of fused-ring (bicyclic) bond motifs is 1. The summed E-state index contributed by atoms with van der Waals surface area (Å²) >= 11 is 0. The zero-order chi connectivity index (χ0) is 31.6. The van der Waals surface area contributed by atoms with E-state index in [4.69, 9.17) is 9.72 Å². The average Bonchev–Trinajstić information content (AvgIpc) is 3.52. The van der Waals surface area contributed by atoms with E-state index in [-0.39, 0.29) is 28.8 Å². The van der Waals surface area contributed by atoms with Gasteiger partial charge in [0.05, 0.1) is 29.2 Å². The molecule has 3 N–H and O–H groups in total. The maximum atomic E-state index is 13.1. The highest BCUT2D eigenvalue weighted by atomic mass is 16.5. The van der Waals surface area contributed by atoms with Crippen LogP contribution in [0.4, 0.5) is 0 Å². The van der Waals surface area contributed by atoms with Crippen molar-refractivity contribution in [2.24, 2.45) is 29.1 Å². The predicted octanol–water partition coefficient (Wildman–Crippen LogP) is 7.91. The number of carbonyl (C=O) groups excluding carboxylic acids is 1. The molecule has 244 valence electrons. The van der Waals surface area contributed by atoms with Gasteiger partial charge in [-0.15, -0.1) is 0 Å². The van der Waals surface area contributed by atoms with E-state index in [0.717, 1.165) is 74.0 Å². The molecule has 0 amide bonds. The quantitative estimate of drug-likeness (QED) is 0.210. The van der Waals surface area contributed by atoms with Crippen LogP contribution in [0, 0.1) is 29.1 Å². The van der Waals surface area contributed by atoms with E-state index in [1.807, 2.05) is 13.1 Å². The number of carbonyl (C=O) groups is 1. The molecule has 0 spiro atoms. The van der Waals surface area contributed by atoms with E-state index in [0.29, 0.717) is 30.6 Å². The largest absolute Gasteiger partial charge is 0.461 e. The Morgan fingerprint density at radius 3 is 2.66 bits per heavy atom. The lowest BCUT2D eigenvalue weighted by Crippen LogP contribution is -2.37. The Morgan fingerprint density at radius 1 is 1.18 bits per heavy atom. The zero-order valence-electron chi connectivity index (χ0n) is 28.0. The zero-order valence-corrected chi connectivity index (χ0v) is 28.0. The minimum Gasteiger partial charge on any atom is -0.461 e. The summed E-state index contributed by atoms with van der Waals surface area (Å²) in [5.41, 5.74) is 4.48. The molecular weight excluding hydrogens is 548 g/mol. The van der Waals surface area contributed by atoms with E-state index in [2.05, 4.69) is 51.4 Å². The van der Waals surface area contributed by atoms with Gasteiger partial charge in [0.1, 0.15) is 11.9 Å². The van der Waals surface area contributed by atoms with E-state index in [9.17, 15) is 15.0 Å². The van der Waals surface area contributed by atoms with Gasteiger partial charge in [0.15, 0.2) is 0 Å². The molecule has 0 saturated heterocycles. The lowest BCUT2D eigenvalue weighted by atomic mass is 9.60. The van der Waals surface area contributed by atoms with E-state index in [1.54, 1.807) is 0 Å². The first-order chi connectivity index (χ1) is 21.0. The van der Waals surface area contributed by atoms with Crippen molar-refractivity contribution in [1.82, 2.24) is 9.97 Å². The van der Waals surface area contributed by atoms with Crippen molar-refractivity contribution in [3.05, 3.63) is 53.2 Å². The fourth-order valence-corrected chi connectivity index (χ4v) is 9.01. The first kappa shape index (κ1) is 33.2. The highest BCUT2D eigenvalue weighted by Crippen LogP contribution is 2.60. The van der Waals surface area contributed by atoms with Gasteiger partial charge in [0, 0.05) is 12.6 Å². The molecule has 6 heteroatoms. The average molecular weight is 607 g/mol. The van der Waals surface area contributed by atoms with Crippen LogP contribution in [0.15, 0.2) is 41.6 Å². The van der Waals surface area contributed by atoms with Gasteiger partial charge in [-0.05, 0) is 111 Å². The van der Waals surface area contributed by atoms with Gasteiger partial charge in [0.25, 0.3) is 0 Å². The van der Waals surface area contributed by atoms with Crippen LogP contribution in [0.25, 0.3) is 0 Å². The predicted molar refractivity (Wildman–Crippen MR) is 176 cm³/mol. The van der Waals surface area contributed by atoms with Crippen LogP contribution >= 0.6 is 0 Å². The first-order valence-corrected chi connectivity index (χ1v) is 17.7. The van der Waals surface area contributed by atoms with Crippen molar-refractivity contribution < 1.29 is 19.7 Å². The highest BCUT2D eigenvalue weighted by molar-refractivity contribution is 5.72. The van der Waals surface area contributed by atoms with Gasteiger partial charge in [-0.1, -0.05) is 65.3 Å². The summed E-state index contributed by atoms with van der Waals surface area (Å²) < 4.78 is 6.37. The molecule has 6 nitrogen and oxygen atoms in total. The summed E-state index contributed by atoms with van der Waals surface area (Å²) in [6.45, 7) is 15.3. The number of aliphatic hydroxyl groups excluding tert-OH is 2. The van der Waals surface area contributed by atoms with Crippen LogP contribution in [0.1, 0.15) is 130 Å². The number of imidazole rings is 1. The molecule has 5 rings (SSSR count). The number of hydrogen-bond donors (Lipinski definition) is 3. The SMILES string of the molecule is C=C1/C(=C\C=C2/CCC[C@]3(C)[C@@H]([C@H](C)CC[C@@H](OC(=O)C(C)CC)C4(c5nc(CCC)c[nH]5)CC4)CC[C@@H]23)C[C@@H](O)C[C@@H]1O. The molecule has 0 bridgehead atoms. The van der Waals surface area contributed by atoms with Crippen molar-refractivity contribution in [3.63, 3.8) is 0 Å². The summed E-state index contributed by atoms with van der Waals surface area (Å²) in [5, 5.41) is 20.5. The molecule has 4 saturated carbocycles. The van der Waals surface area contributed by atoms with E-state index >= 15 is 0 Å². The number of hydrogen-bond acceptors (Lipinski definition) is 5. The fourth-order valence-electron chi connectivity index (χ4n) is 9.01. The third kappa shape index (κ3) is 6.67. The number of aromatic nitrogens is 2. The second-order valence-corrected chi connectivity index (χ2v) is 15.1. The molecule has 44 heavy (non-hydrogen) atoms. The van der Waals surface area contributed by atoms with Crippen LogP contribution in [-0.4, -0.2) is 44.5 Å². The lowest BCUT2D eigenvalue weighted by Gasteiger charge is -2.44. The van der Waals surface area contributed by atoms with Gasteiger partial charge in [-0.25, -0.2) is 4.98 Å². The number of aryl methyl sites for hydroxylation is 1. The number of nitrogens with zero attached hydrogens (tertiary/aromatic N) is 1. The third-order valence-electron chi connectivity index (χ3n) is 12.2. The minimum absolute atomic E-state index is 0.0680. The number of allylic oxidation sites excluding steroid dienone is 3. The Balaban J connectivity index is 1.29. The Morgan fingerprint density at radius 2 is 1.95 bits per heavy atom. The maximum absolute atomic E-state index is 13.1. The number of rotatable bonds is 12. The minimum atomic E-state index is -0.647. The molecule has 1 aromatic rings. The number of aromatic amines is 1. The van der Waals surface area contributed by atoms with Crippen molar-refractivity contribution in [2.75, 3.05) is 0 Å². The number of esters is 1. The molecule has 4 aliphatic rings. The van der Waals surface area contributed by atoms with Crippen LogP contribution in [0.3, 0.4) is 0 Å². The molecule has 4 aliphatic carbocycles. The van der Waals surface area contributed by atoms with Crippen LogP contribution in [-0.2, 0) is 21.4 Å². The highest BCUT2D eigenvalue weighted by Gasteiger charge is 2.56. The van der Waals surface area contributed by atoms with Crippen molar-refractivity contribution in [3.8, 4) is 0 Å². The Labute approximate surface area is 265 Å². The Hall–Kier alpha value is -2.18. The number of ether oxygens (including phenoxy) is 1. The second kappa shape index (κ2) is 13.7. The Kier molecular flexibility index (Phi) is 10.3. The molecule has 8 atom stereocenters. The van der Waals surface area contributed by atoms with Crippen LogP contribution in [0.5, 0.6) is 0 Å². The normalized spacial score (nSPS) is 33.7. The number of nitrogens with one attached hydrogen (secondary N) is 1. The van der Waals surface area contributed by atoms with Gasteiger partial charge in [0.2, 0.25) is 0 Å². The summed E-state index contributed by atoms with van der Waals surface area (Å²) in [4.78, 5) is 21.6. The van der Waals surface area contributed by atoms with Crippen molar-refractivity contribution in [1.29, 1.82) is 0 Å². The molecule has 1 heterocycles. The van der Waals surface area contributed by atoms with Crippen LogP contribution < -0.4 is 0 Å². The molecular formula is C38H58N2O4. The van der Waals surface area contributed by atoms with Gasteiger partial charge in [-0.3, -0.25) is 4.79 Å².